The number of aryl methyl sites for hydroxylation is 1. The first-order valence-electron chi connectivity index (χ1n) is 6.62. The number of carbonyl (C=O) groups is 1. The summed E-state index contributed by atoms with van der Waals surface area (Å²) in [6, 6.07) is 3.52. The number of rotatable bonds is 3. The molecule has 3 heterocycles. The van der Waals surface area contributed by atoms with E-state index in [1.807, 2.05) is 0 Å². The first-order valence-corrected chi connectivity index (χ1v) is 7.50. The smallest absolute Gasteiger partial charge is 0.298 e. The molecule has 0 bridgehead atoms. The van der Waals surface area contributed by atoms with E-state index < -0.39 is 23.3 Å². The molecule has 0 saturated heterocycles. The molecule has 24 heavy (non-hydrogen) atoms. The Hall–Kier alpha value is -2.75. The van der Waals surface area contributed by atoms with Crippen LogP contribution in [0.25, 0.3) is 11.3 Å². The summed E-state index contributed by atoms with van der Waals surface area (Å²) >= 11 is 1.11. The van der Waals surface area contributed by atoms with Gasteiger partial charge in [-0.3, -0.25) is 19.8 Å². The maximum atomic E-state index is 12.9. The monoisotopic (exact) mass is 353 g/mol. The Morgan fingerprint density at radius 2 is 2.17 bits per heavy atom. The molecule has 0 aliphatic carbocycles. The third-order valence-corrected chi connectivity index (χ3v) is 3.78. The Balaban J connectivity index is 1.83. The lowest BCUT2D eigenvalue weighted by Crippen LogP contribution is -2.17. The second kappa shape index (κ2) is 6.04. The summed E-state index contributed by atoms with van der Waals surface area (Å²) < 4.78 is 39.7. The van der Waals surface area contributed by atoms with Crippen LogP contribution in [0.2, 0.25) is 0 Å². The van der Waals surface area contributed by atoms with Crippen molar-refractivity contribution in [1.82, 2.24) is 19.7 Å². The van der Waals surface area contributed by atoms with Crippen LogP contribution in [0.1, 0.15) is 16.1 Å². The van der Waals surface area contributed by atoms with Crippen LogP contribution in [0.3, 0.4) is 0 Å². The molecule has 0 fully saturated rings. The van der Waals surface area contributed by atoms with E-state index in [9.17, 15) is 18.0 Å². The van der Waals surface area contributed by atoms with Crippen LogP contribution in [0.4, 0.5) is 18.3 Å². The molecule has 0 atom stereocenters. The lowest BCUT2D eigenvalue weighted by atomic mass is 10.2. The highest BCUT2D eigenvalue weighted by Crippen LogP contribution is 2.31. The Labute approximate surface area is 138 Å². The molecule has 1 amide bonds. The van der Waals surface area contributed by atoms with Crippen molar-refractivity contribution in [3.05, 3.63) is 47.4 Å². The fraction of sp³-hybridized carbons (Fsp3) is 0.143. The average molecular weight is 353 g/mol. The number of thiazole rings is 1. The predicted molar refractivity (Wildman–Crippen MR) is 81.5 cm³/mol. The Morgan fingerprint density at radius 3 is 2.83 bits per heavy atom. The fourth-order valence-electron chi connectivity index (χ4n) is 2.01. The van der Waals surface area contributed by atoms with Crippen LogP contribution in [0, 0.1) is 0 Å². The molecule has 10 heteroatoms. The number of nitrogens with one attached hydrogen (secondary N) is 1. The number of anilines is 1. The number of carbonyl (C=O) groups excluding carboxylic acids is 1. The Kier molecular flexibility index (Phi) is 4.06. The van der Waals surface area contributed by atoms with Crippen molar-refractivity contribution in [3.63, 3.8) is 0 Å². The zero-order chi connectivity index (χ0) is 17.3. The van der Waals surface area contributed by atoms with Crippen molar-refractivity contribution in [2.45, 2.75) is 6.18 Å². The average Bonchev–Trinajstić information content (AvgIpc) is 3.14. The number of pyridine rings is 1. The van der Waals surface area contributed by atoms with Crippen molar-refractivity contribution >= 4 is 22.4 Å². The molecule has 124 valence electrons. The first kappa shape index (κ1) is 16.1. The third kappa shape index (κ3) is 3.27. The summed E-state index contributed by atoms with van der Waals surface area (Å²) in [7, 11) is 1.32. The van der Waals surface area contributed by atoms with Gasteiger partial charge in [0.25, 0.3) is 5.91 Å². The number of amides is 1. The molecular formula is C14H10F3N5OS. The molecular weight excluding hydrogens is 343 g/mol. The zero-order valence-electron chi connectivity index (χ0n) is 12.2. The SMILES string of the molecule is Cn1cc(C(=O)Nc2nc(-c3cccnc3)cs2)c(C(F)(F)F)n1. The summed E-state index contributed by atoms with van der Waals surface area (Å²) in [6.45, 7) is 0. The number of nitrogens with zero attached hydrogens (tertiary/aromatic N) is 4. The summed E-state index contributed by atoms with van der Waals surface area (Å²) in [6.07, 6.45) is -0.478. The van der Waals surface area contributed by atoms with Gasteiger partial charge in [-0.05, 0) is 12.1 Å². The molecule has 6 nitrogen and oxygen atoms in total. The largest absolute Gasteiger partial charge is 0.435 e. The zero-order valence-corrected chi connectivity index (χ0v) is 13.0. The van der Waals surface area contributed by atoms with Crippen LogP contribution in [-0.4, -0.2) is 25.7 Å². The Morgan fingerprint density at radius 1 is 1.38 bits per heavy atom. The van der Waals surface area contributed by atoms with Gasteiger partial charge in [-0.25, -0.2) is 4.98 Å². The lowest BCUT2D eigenvalue weighted by molar-refractivity contribution is -0.141. The quantitative estimate of drug-likeness (QED) is 0.785. The van der Waals surface area contributed by atoms with Crippen molar-refractivity contribution < 1.29 is 18.0 Å². The van der Waals surface area contributed by atoms with Crippen molar-refractivity contribution in [3.8, 4) is 11.3 Å². The van der Waals surface area contributed by atoms with Gasteiger partial charge in [-0.2, -0.15) is 18.3 Å². The van der Waals surface area contributed by atoms with E-state index in [-0.39, 0.29) is 5.13 Å². The van der Waals surface area contributed by atoms with E-state index in [0.717, 1.165) is 27.8 Å². The highest BCUT2D eigenvalue weighted by Gasteiger charge is 2.39. The molecule has 0 radical (unpaired) electrons. The second-order valence-corrected chi connectivity index (χ2v) is 5.65. The van der Waals surface area contributed by atoms with Gasteiger partial charge < -0.3 is 0 Å². The molecule has 0 saturated carbocycles. The minimum atomic E-state index is -4.71. The minimum Gasteiger partial charge on any atom is -0.298 e. The lowest BCUT2D eigenvalue weighted by Gasteiger charge is -2.05. The maximum Gasteiger partial charge on any atom is 0.435 e. The molecule has 3 aromatic rings. The maximum absolute atomic E-state index is 12.9. The number of aromatic nitrogens is 4. The summed E-state index contributed by atoms with van der Waals surface area (Å²) in [4.78, 5) is 20.3. The van der Waals surface area contributed by atoms with Gasteiger partial charge in [-0.1, -0.05) is 0 Å². The number of alkyl halides is 3. The molecule has 0 aliphatic rings. The van der Waals surface area contributed by atoms with Gasteiger partial charge in [-0.15, -0.1) is 11.3 Å². The standard InChI is InChI=1S/C14H10F3N5OS/c1-22-6-9(11(21-22)14(15,16)17)12(23)20-13-19-10(7-24-13)8-3-2-4-18-5-8/h2-7H,1H3,(H,19,20,23). The molecule has 0 unspecified atom stereocenters. The minimum absolute atomic E-state index is 0.191. The highest BCUT2D eigenvalue weighted by molar-refractivity contribution is 7.14. The van der Waals surface area contributed by atoms with Gasteiger partial charge in [0.05, 0.1) is 11.3 Å². The third-order valence-electron chi connectivity index (χ3n) is 3.02. The molecule has 0 aromatic carbocycles. The van der Waals surface area contributed by atoms with E-state index in [1.54, 1.807) is 29.9 Å². The molecule has 0 aliphatic heterocycles. The molecule has 1 N–H and O–H groups in total. The van der Waals surface area contributed by atoms with Gasteiger partial charge in [0.15, 0.2) is 10.8 Å². The van der Waals surface area contributed by atoms with Gasteiger partial charge >= 0.3 is 6.18 Å². The van der Waals surface area contributed by atoms with Crippen LogP contribution >= 0.6 is 11.3 Å². The number of hydrogen-bond donors (Lipinski definition) is 1. The predicted octanol–water partition coefficient (Wildman–Crippen LogP) is 3.21. The van der Waals surface area contributed by atoms with Crippen molar-refractivity contribution in [1.29, 1.82) is 0 Å². The van der Waals surface area contributed by atoms with Crippen LogP contribution < -0.4 is 5.32 Å². The van der Waals surface area contributed by atoms with Crippen molar-refractivity contribution in [2.24, 2.45) is 7.05 Å². The van der Waals surface area contributed by atoms with Crippen LogP contribution in [0.5, 0.6) is 0 Å². The van der Waals surface area contributed by atoms with E-state index in [2.05, 4.69) is 20.4 Å². The van der Waals surface area contributed by atoms with E-state index in [4.69, 9.17) is 0 Å². The summed E-state index contributed by atoms with van der Waals surface area (Å²) in [5.74, 6) is -0.914. The van der Waals surface area contributed by atoms with Crippen LogP contribution in [-0.2, 0) is 13.2 Å². The molecule has 0 spiro atoms. The fourth-order valence-corrected chi connectivity index (χ4v) is 2.72. The summed E-state index contributed by atoms with van der Waals surface area (Å²) in [5.41, 5.74) is -0.466. The van der Waals surface area contributed by atoms with Crippen molar-refractivity contribution in [2.75, 3.05) is 5.32 Å². The van der Waals surface area contributed by atoms with E-state index >= 15 is 0 Å². The molecule has 3 rings (SSSR count). The second-order valence-electron chi connectivity index (χ2n) is 4.80. The van der Waals surface area contributed by atoms with Gasteiger partial charge in [0.2, 0.25) is 0 Å². The number of hydrogen-bond acceptors (Lipinski definition) is 5. The first-order chi connectivity index (χ1) is 11.3. The van der Waals surface area contributed by atoms with E-state index in [0.29, 0.717) is 5.69 Å². The molecule has 3 aromatic heterocycles. The number of halogens is 3. The highest BCUT2D eigenvalue weighted by atomic mass is 32.1. The summed E-state index contributed by atoms with van der Waals surface area (Å²) in [5, 5.41) is 7.54. The normalized spacial score (nSPS) is 11.5. The van der Waals surface area contributed by atoms with Gasteiger partial charge in [0.1, 0.15) is 0 Å². The van der Waals surface area contributed by atoms with Crippen LogP contribution in [0.15, 0.2) is 36.1 Å². The van der Waals surface area contributed by atoms with E-state index in [1.165, 1.54) is 7.05 Å². The van der Waals surface area contributed by atoms with Gasteiger partial charge in [0, 0.05) is 36.6 Å². The topological polar surface area (TPSA) is 72.7 Å². The Bertz CT molecular complexity index is 872.